The normalized spacial score (nSPS) is 10.6. The van der Waals surface area contributed by atoms with Crippen molar-refractivity contribution in [2.75, 3.05) is 5.32 Å². The number of nitrogens with one attached hydrogen (secondary N) is 1. The first-order valence-corrected chi connectivity index (χ1v) is 8.01. The molecule has 0 saturated heterocycles. The van der Waals surface area contributed by atoms with Crippen LogP contribution in [-0.4, -0.2) is 15.9 Å². The molecule has 1 amide bonds. The lowest BCUT2D eigenvalue weighted by atomic mass is 10.2. The summed E-state index contributed by atoms with van der Waals surface area (Å²) in [6.45, 7) is 0. The van der Waals surface area contributed by atoms with E-state index in [-0.39, 0.29) is 21.7 Å². The minimum atomic E-state index is -0.392. The first-order chi connectivity index (χ1) is 11.0. The molecule has 1 aromatic carbocycles. The summed E-state index contributed by atoms with van der Waals surface area (Å²) in [7, 11) is 0. The molecule has 0 saturated carbocycles. The van der Waals surface area contributed by atoms with Crippen LogP contribution in [-0.2, 0) is 0 Å². The summed E-state index contributed by atoms with van der Waals surface area (Å²) in [5.41, 5.74) is 1.70. The van der Waals surface area contributed by atoms with Crippen LogP contribution in [0.2, 0.25) is 10.3 Å². The van der Waals surface area contributed by atoms with E-state index in [1.807, 2.05) is 0 Å². The lowest BCUT2D eigenvalue weighted by Crippen LogP contribution is -2.12. The maximum Gasteiger partial charge on any atom is 0.257 e. The second kappa shape index (κ2) is 6.62. The number of carbonyl (C=O) groups is 1. The topological polar surface area (TPSA) is 54.9 Å². The molecular formula is C15H8Cl2FN3OS. The Morgan fingerprint density at radius 3 is 2.39 bits per heavy atom. The SMILES string of the molecule is O=C(Nc1nc(-c2ccc(F)cc2)cs1)c1cc(Cl)nc(Cl)c1. The molecule has 23 heavy (non-hydrogen) atoms. The summed E-state index contributed by atoms with van der Waals surface area (Å²) in [6.07, 6.45) is 0. The van der Waals surface area contributed by atoms with E-state index in [2.05, 4.69) is 15.3 Å². The van der Waals surface area contributed by atoms with Gasteiger partial charge in [-0.1, -0.05) is 23.2 Å². The zero-order chi connectivity index (χ0) is 16.4. The van der Waals surface area contributed by atoms with Crippen LogP contribution in [0.25, 0.3) is 11.3 Å². The van der Waals surface area contributed by atoms with E-state index in [0.29, 0.717) is 10.8 Å². The summed E-state index contributed by atoms with van der Waals surface area (Å²) < 4.78 is 12.9. The first kappa shape index (κ1) is 15.9. The zero-order valence-corrected chi connectivity index (χ0v) is 13.7. The Morgan fingerprint density at radius 2 is 1.74 bits per heavy atom. The van der Waals surface area contributed by atoms with Crippen molar-refractivity contribution in [1.29, 1.82) is 0 Å². The van der Waals surface area contributed by atoms with E-state index >= 15 is 0 Å². The van der Waals surface area contributed by atoms with Crippen molar-refractivity contribution in [3.63, 3.8) is 0 Å². The minimum Gasteiger partial charge on any atom is -0.298 e. The number of aromatic nitrogens is 2. The lowest BCUT2D eigenvalue weighted by molar-refractivity contribution is 0.102. The zero-order valence-electron chi connectivity index (χ0n) is 11.4. The molecule has 0 atom stereocenters. The van der Waals surface area contributed by atoms with E-state index in [1.165, 1.54) is 35.6 Å². The largest absolute Gasteiger partial charge is 0.298 e. The number of hydrogen-bond acceptors (Lipinski definition) is 4. The molecule has 0 bridgehead atoms. The average molecular weight is 368 g/mol. The van der Waals surface area contributed by atoms with Crippen molar-refractivity contribution in [3.05, 3.63) is 63.5 Å². The number of halogens is 3. The van der Waals surface area contributed by atoms with Crippen molar-refractivity contribution >= 4 is 45.6 Å². The fourth-order valence-corrected chi connectivity index (χ4v) is 3.02. The van der Waals surface area contributed by atoms with Crippen molar-refractivity contribution in [2.45, 2.75) is 0 Å². The predicted molar refractivity (Wildman–Crippen MR) is 89.7 cm³/mol. The van der Waals surface area contributed by atoms with Gasteiger partial charge in [-0.15, -0.1) is 11.3 Å². The lowest BCUT2D eigenvalue weighted by Gasteiger charge is -2.02. The van der Waals surface area contributed by atoms with Crippen LogP contribution in [0, 0.1) is 5.82 Å². The molecule has 0 aliphatic carbocycles. The Morgan fingerprint density at radius 1 is 1.09 bits per heavy atom. The molecule has 1 N–H and O–H groups in total. The minimum absolute atomic E-state index is 0.133. The van der Waals surface area contributed by atoms with Crippen LogP contribution < -0.4 is 5.32 Å². The van der Waals surface area contributed by atoms with Gasteiger partial charge in [-0.25, -0.2) is 14.4 Å². The van der Waals surface area contributed by atoms with Crippen LogP contribution in [0.4, 0.5) is 9.52 Å². The second-order valence-electron chi connectivity index (χ2n) is 4.50. The molecule has 8 heteroatoms. The molecular weight excluding hydrogens is 360 g/mol. The number of nitrogens with zero attached hydrogens (tertiary/aromatic N) is 2. The Hall–Kier alpha value is -2.02. The fraction of sp³-hybridized carbons (Fsp3) is 0. The number of rotatable bonds is 3. The fourth-order valence-electron chi connectivity index (χ4n) is 1.85. The number of pyridine rings is 1. The van der Waals surface area contributed by atoms with Crippen LogP contribution in [0.5, 0.6) is 0 Å². The molecule has 0 aliphatic rings. The number of anilines is 1. The molecule has 2 heterocycles. The highest BCUT2D eigenvalue weighted by Gasteiger charge is 2.12. The Bertz CT molecular complexity index is 847. The van der Waals surface area contributed by atoms with E-state index in [9.17, 15) is 9.18 Å². The van der Waals surface area contributed by atoms with E-state index < -0.39 is 5.91 Å². The van der Waals surface area contributed by atoms with Crippen LogP contribution in [0.1, 0.15) is 10.4 Å². The van der Waals surface area contributed by atoms with E-state index in [4.69, 9.17) is 23.2 Å². The molecule has 4 nitrogen and oxygen atoms in total. The highest BCUT2D eigenvalue weighted by Crippen LogP contribution is 2.25. The molecule has 0 fully saturated rings. The molecule has 0 unspecified atom stereocenters. The van der Waals surface area contributed by atoms with Gasteiger partial charge >= 0.3 is 0 Å². The summed E-state index contributed by atoms with van der Waals surface area (Å²) in [4.78, 5) is 20.3. The third-order valence-corrected chi connectivity index (χ3v) is 4.03. The molecule has 3 aromatic rings. The van der Waals surface area contributed by atoms with E-state index in [0.717, 1.165) is 5.56 Å². The summed E-state index contributed by atoms with van der Waals surface area (Å²) >= 11 is 12.8. The highest BCUT2D eigenvalue weighted by molar-refractivity contribution is 7.14. The van der Waals surface area contributed by atoms with Gasteiger partial charge in [-0.05, 0) is 36.4 Å². The summed E-state index contributed by atoms with van der Waals surface area (Å²) in [6, 6.07) is 8.78. The molecule has 116 valence electrons. The van der Waals surface area contributed by atoms with Crippen LogP contribution in [0.3, 0.4) is 0 Å². The number of thiazole rings is 1. The summed E-state index contributed by atoms with van der Waals surface area (Å²) in [5, 5.41) is 5.12. The van der Waals surface area contributed by atoms with Gasteiger partial charge in [-0.3, -0.25) is 10.1 Å². The Labute approximate surface area is 144 Å². The number of amides is 1. The van der Waals surface area contributed by atoms with Crippen LogP contribution in [0.15, 0.2) is 41.8 Å². The summed E-state index contributed by atoms with van der Waals surface area (Å²) in [5.74, 6) is -0.708. The third kappa shape index (κ3) is 3.85. The van der Waals surface area contributed by atoms with Gasteiger partial charge in [0.25, 0.3) is 5.91 Å². The number of hydrogen-bond donors (Lipinski definition) is 1. The van der Waals surface area contributed by atoms with Gasteiger partial charge < -0.3 is 0 Å². The van der Waals surface area contributed by atoms with Gasteiger partial charge in [0.15, 0.2) is 5.13 Å². The predicted octanol–water partition coefficient (Wildman–Crippen LogP) is 4.90. The first-order valence-electron chi connectivity index (χ1n) is 6.37. The van der Waals surface area contributed by atoms with E-state index in [1.54, 1.807) is 17.5 Å². The van der Waals surface area contributed by atoms with Gasteiger partial charge in [0, 0.05) is 16.5 Å². The molecule has 3 rings (SSSR count). The van der Waals surface area contributed by atoms with Crippen molar-refractivity contribution < 1.29 is 9.18 Å². The maximum absolute atomic E-state index is 12.9. The Kier molecular flexibility index (Phi) is 4.56. The van der Waals surface area contributed by atoms with Gasteiger partial charge in [0.05, 0.1) is 5.69 Å². The average Bonchev–Trinajstić information content (AvgIpc) is 2.95. The standard InChI is InChI=1S/C15H8Cl2FN3OS/c16-12-5-9(6-13(17)20-12)14(22)21-15-19-11(7-23-15)8-1-3-10(18)4-2-8/h1-7H,(H,19,21,22). The van der Waals surface area contributed by atoms with Crippen molar-refractivity contribution in [3.8, 4) is 11.3 Å². The molecule has 0 aliphatic heterocycles. The second-order valence-corrected chi connectivity index (χ2v) is 6.13. The quantitative estimate of drug-likeness (QED) is 0.669. The van der Waals surface area contributed by atoms with Crippen molar-refractivity contribution in [1.82, 2.24) is 9.97 Å². The molecule has 2 aromatic heterocycles. The number of carbonyl (C=O) groups excluding carboxylic acids is 1. The van der Waals surface area contributed by atoms with Crippen LogP contribution >= 0.6 is 34.5 Å². The molecule has 0 spiro atoms. The van der Waals surface area contributed by atoms with Gasteiger partial charge in [-0.2, -0.15) is 0 Å². The Balaban J connectivity index is 1.78. The third-order valence-electron chi connectivity index (χ3n) is 2.89. The smallest absolute Gasteiger partial charge is 0.257 e. The highest BCUT2D eigenvalue weighted by atomic mass is 35.5. The van der Waals surface area contributed by atoms with Crippen molar-refractivity contribution in [2.24, 2.45) is 0 Å². The maximum atomic E-state index is 12.9. The van der Waals surface area contributed by atoms with Gasteiger partial charge in [0.1, 0.15) is 16.1 Å². The van der Waals surface area contributed by atoms with Gasteiger partial charge in [0.2, 0.25) is 0 Å². The monoisotopic (exact) mass is 367 g/mol. The number of benzene rings is 1. The molecule has 0 radical (unpaired) electrons.